The van der Waals surface area contributed by atoms with Crippen molar-refractivity contribution < 1.29 is 14.3 Å². The van der Waals surface area contributed by atoms with Crippen molar-refractivity contribution in [3.05, 3.63) is 36.4 Å². The van der Waals surface area contributed by atoms with Crippen molar-refractivity contribution in [2.24, 2.45) is 5.73 Å². The summed E-state index contributed by atoms with van der Waals surface area (Å²) in [5, 5.41) is 6.89. The molecule has 1 saturated heterocycles. The molecule has 0 unspecified atom stereocenters. The number of nitrogens with two attached hydrogens (primary N) is 1. The van der Waals surface area contributed by atoms with Crippen LogP contribution in [0.25, 0.3) is 0 Å². The number of hydrogen-bond acceptors (Lipinski definition) is 7. The summed E-state index contributed by atoms with van der Waals surface area (Å²) in [6, 6.07) is 5.42. The molecule has 1 aromatic heterocycles. The quantitative estimate of drug-likeness (QED) is 0.315. The molecule has 10 nitrogen and oxygen atoms in total. The van der Waals surface area contributed by atoms with Crippen molar-refractivity contribution in [1.82, 2.24) is 24.7 Å². The lowest BCUT2D eigenvalue weighted by Crippen LogP contribution is -2.50. The SMILES string of the molecule is COc1cc(NC(=S)NCCCn2cncc2C)ccc1OCC(=O)N1CCN(CCN)CC1. The fourth-order valence-corrected chi connectivity index (χ4v) is 3.97. The number of carbonyl (C=O) groups excluding carboxylic acids is 1. The molecule has 186 valence electrons. The molecule has 0 saturated carbocycles. The molecule has 2 heterocycles. The molecule has 3 rings (SSSR count). The number of anilines is 1. The fourth-order valence-electron chi connectivity index (χ4n) is 3.75. The van der Waals surface area contributed by atoms with E-state index >= 15 is 0 Å². The highest BCUT2D eigenvalue weighted by Crippen LogP contribution is 2.30. The van der Waals surface area contributed by atoms with E-state index in [1.54, 1.807) is 19.2 Å². The van der Waals surface area contributed by atoms with Crippen LogP contribution < -0.4 is 25.8 Å². The second-order valence-corrected chi connectivity index (χ2v) is 8.54. The number of rotatable bonds is 11. The zero-order chi connectivity index (χ0) is 24.3. The van der Waals surface area contributed by atoms with Crippen LogP contribution in [0.5, 0.6) is 11.5 Å². The molecule has 1 aliphatic heterocycles. The second kappa shape index (κ2) is 13.1. The highest BCUT2D eigenvalue weighted by atomic mass is 32.1. The lowest BCUT2D eigenvalue weighted by molar-refractivity contribution is -0.135. The predicted molar refractivity (Wildman–Crippen MR) is 136 cm³/mol. The van der Waals surface area contributed by atoms with Crippen molar-refractivity contribution in [3.8, 4) is 11.5 Å². The molecule has 4 N–H and O–H groups in total. The smallest absolute Gasteiger partial charge is 0.260 e. The lowest BCUT2D eigenvalue weighted by Gasteiger charge is -2.34. The molecule has 34 heavy (non-hydrogen) atoms. The first kappa shape index (κ1) is 25.7. The van der Waals surface area contributed by atoms with Gasteiger partial charge >= 0.3 is 0 Å². The third kappa shape index (κ3) is 7.57. The maximum Gasteiger partial charge on any atom is 0.260 e. The largest absolute Gasteiger partial charge is 0.493 e. The fraction of sp³-hybridized carbons (Fsp3) is 0.522. The van der Waals surface area contributed by atoms with Crippen LogP contribution in [0.2, 0.25) is 0 Å². The molecular weight excluding hydrogens is 454 g/mol. The number of hydrogen-bond donors (Lipinski definition) is 3. The lowest BCUT2D eigenvalue weighted by atomic mass is 10.2. The molecule has 1 aliphatic rings. The molecule has 2 aromatic rings. The first-order valence-corrected chi connectivity index (χ1v) is 11.9. The van der Waals surface area contributed by atoms with E-state index in [4.69, 9.17) is 27.4 Å². The number of piperazine rings is 1. The van der Waals surface area contributed by atoms with Gasteiger partial charge in [-0.1, -0.05) is 0 Å². The van der Waals surface area contributed by atoms with Gasteiger partial charge in [-0.3, -0.25) is 9.69 Å². The minimum atomic E-state index is -0.0343. The number of benzene rings is 1. The number of amides is 1. The normalized spacial score (nSPS) is 14.0. The highest BCUT2D eigenvalue weighted by Gasteiger charge is 2.21. The van der Waals surface area contributed by atoms with E-state index in [-0.39, 0.29) is 12.5 Å². The summed E-state index contributed by atoms with van der Waals surface area (Å²) in [5.41, 5.74) is 7.52. The minimum absolute atomic E-state index is 0.0314. The van der Waals surface area contributed by atoms with Gasteiger partial charge in [0.05, 0.1) is 13.4 Å². The van der Waals surface area contributed by atoms with Gasteiger partial charge in [0.25, 0.3) is 5.91 Å². The van der Waals surface area contributed by atoms with Crippen molar-refractivity contribution in [2.75, 3.05) is 64.8 Å². The summed E-state index contributed by atoms with van der Waals surface area (Å²) >= 11 is 5.40. The molecule has 0 bridgehead atoms. The second-order valence-electron chi connectivity index (χ2n) is 8.13. The summed E-state index contributed by atoms with van der Waals surface area (Å²) in [5.74, 6) is 1.01. The molecule has 0 radical (unpaired) electrons. The number of imidazole rings is 1. The third-order valence-corrected chi connectivity index (χ3v) is 5.97. The summed E-state index contributed by atoms with van der Waals surface area (Å²) in [6.07, 6.45) is 4.60. The number of methoxy groups -OCH3 is 1. The Kier molecular flexibility index (Phi) is 9.92. The Hall–Kier alpha value is -2.89. The van der Waals surface area contributed by atoms with Crippen molar-refractivity contribution in [2.45, 2.75) is 19.9 Å². The molecule has 0 atom stereocenters. The van der Waals surface area contributed by atoms with Crippen LogP contribution >= 0.6 is 12.2 Å². The average molecular weight is 490 g/mol. The number of thiocarbonyl (C=S) groups is 1. The number of aryl methyl sites for hydroxylation is 2. The van der Waals surface area contributed by atoms with E-state index in [9.17, 15) is 4.79 Å². The number of carbonyl (C=O) groups is 1. The van der Waals surface area contributed by atoms with E-state index in [2.05, 4.69) is 25.1 Å². The number of nitrogens with one attached hydrogen (secondary N) is 2. The van der Waals surface area contributed by atoms with Crippen LogP contribution in [0.3, 0.4) is 0 Å². The molecule has 1 aromatic carbocycles. The maximum atomic E-state index is 12.5. The van der Waals surface area contributed by atoms with Gasteiger partial charge in [0.15, 0.2) is 23.2 Å². The standard InChI is InChI=1S/C23H35N7O3S/c1-18-15-25-17-30(18)8-3-7-26-23(34)27-19-4-5-20(21(14-19)32-2)33-16-22(31)29-12-10-28(9-6-24)11-13-29/h4-5,14-15,17H,3,6-13,16,24H2,1-2H3,(H2,26,27,34). The molecule has 0 aliphatic carbocycles. The highest BCUT2D eigenvalue weighted by molar-refractivity contribution is 7.80. The van der Waals surface area contributed by atoms with E-state index < -0.39 is 0 Å². The summed E-state index contributed by atoms with van der Waals surface area (Å²) in [7, 11) is 1.57. The maximum absolute atomic E-state index is 12.5. The van der Waals surface area contributed by atoms with Gasteiger partial charge in [-0.25, -0.2) is 4.98 Å². The zero-order valence-electron chi connectivity index (χ0n) is 20.0. The first-order valence-electron chi connectivity index (χ1n) is 11.5. The van der Waals surface area contributed by atoms with Gasteiger partial charge < -0.3 is 35.3 Å². The first-order chi connectivity index (χ1) is 16.5. The van der Waals surface area contributed by atoms with Crippen molar-refractivity contribution in [3.63, 3.8) is 0 Å². The number of aromatic nitrogens is 2. The van der Waals surface area contributed by atoms with Crippen LogP contribution in [0.4, 0.5) is 5.69 Å². The Morgan fingerprint density at radius 1 is 1.21 bits per heavy atom. The van der Waals surface area contributed by atoms with E-state index in [0.29, 0.717) is 36.2 Å². The van der Waals surface area contributed by atoms with Crippen molar-refractivity contribution >= 4 is 28.9 Å². The van der Waals surface area contributed by atoms with E-state index in [1.807, 2.05) is 30.4 Å². The molecule has 0 spiro atoms. The monoisotopic (exact) mass is 489 g/mol. The number of ether oxygens (including phenoxy) is 2. The Morgan fingerprint density at radius 2 is 2.00 bits per heavy atom. The third-order valence-electron chi connectivity index (χ3n) is 5.72. The minimum Gasteiger partial charge on any atom is -0.493 e. The Labute approximate surface area is 206 Å². The van der Waals surface area contributed by atoms with Crippen LogP contribution in [-0.2, 0) is 11.3 Å². The molecular formula is C23H35N7O3S. The molecule has 11 heteroatoms. The zero-order valence-corrected chi connectivity index (χ0v) is 20.8. The van der Waals surface area contributed by atoms with Gasteiger partial charge in [0, 0.05) is 76.0 Å². The molecule has 1 fully saturated rings. The van der Waals surface area contributed by atoms with E-state index in [1.165, 1.54) is 0 Å². The van der Waals surface area contributed by atoms with E-state index in [0.717, 1.165) is 50.5 Å². The predicted octanol–water partition coefficient (Wildman–Crippen LogP) is 1.06. The Balaban J connectivity index is 1.42. The van der Waals surface area contributed by atoms with Crippen molar-refractivity contribution in [1.29, 1.82) is 0 Å². The average Bonchev–Trinajstić information content (AvgIpc) is 3.25. The van der Waals surface area contributed by atoms with Gasteiger partial charge in [-0.05, 0) is 37.7 Å². The van der Waals surface area contributed by atoms with Crippen LogP contribution in [0, 0.1) is 6.92 Å². The Bertz CT molecular complexity index is 944. The molecule has 1 amide bonds. The van der Waals surface area contributed by atoms with Crippen LogP contribution in [0.1, 0.15) is 12.1 Å². The van der Waals surface area contributed by atoms with Gasteiger partial charge in [0.2, 0.25) is 0 Å². The topological polar surface area (TPSA) is 110 Å². The van der Waals surface area contributed by atoms with Crippen LogP contribution in [0.15, 0.2) is 30.7 Å². The van der Waals surface area contributed by atoms with Gasteiger partial charge in [0.1, 0.15) is 0 Å². The summed E-state index contributed by atoms with van der Waals surface area (Å²) in [6.45, 7) is 8.17. The summed E-state index contributed by atoms with van der Waals surface area (Å²) in [4.78, 5) is 20.8. The number of nitrogens with zero attached hydrogens (tertiary/aromatic N) is 4. The summed E-state index contributed by atoms with van der Waals surface area (Å²) < 4.78 is 13.3. The van der Waals surface area contributed by atoms with Gasteiger partial charge in [-0.15, -0.1) is 0 Å². The van der Waals surface area contributed by atoms with Crippen LogP contribution in [-0.4, -0.2) is 89.9 Å². The van der Waals surface area contributed by atoms with Gasteiger partial charge in [-0.2, -0.15) is 0 Å². The Morgan fingerprint density at radius 3 is 2.68 bits per heavy atom.